The van der Waals surface area contributed by atoms with Crippen LogP contribution in [0.25, 0.3) is 0 Å². The molecule has 0 aromatic heterocycles. The van der Waals surface area contributed by atoms with Crippen molar-refractivity contribution in [2.75, 3.05) is 20.4 Å². The second-order valence-electron chi connectivity index (χ2n) is 1.84. The summed E-state index contributed by atoms with van der Waals surface area (Å²) in [5.41, 5.74) is 2.28. The molecule has 0 aromatic carbocycles. The maximum Gasteiger partial charge on any atom is 0.291 e. The fourth-order valence-electron chi connectivity index (χ4n) is 0.416. The van der Waals surface area contributed by atoms with Crippen molar-refractivity contribution >= 4 is 28.5 Å². The minimum Gasteiger partial charge on any atom is -0.320 e. The zero-order valence-electron chi connectivity index (χ0n) is 6.90. The van der Waals surface area contributed by atoms with Gasteiger partial charge in [-0.15, -0.1) is 4.49 Å². The Morgan fingerprint density at radius 1 is 1.50 bits per heavy atom. The van der Waals surface area contributed by atoms with Gasteiger partial charge in [-0.05, 0) is 11.8 Å². The van der Waals surface area contributed by atoms with Gasteiger partial charge in [0, 0.05) is 14.2 Å². The van der Waals surface area contributed by atoms with E-state index in [1.54, 1.807) is 0 Å². The highest BCUT2D eigenvalue weighted by molar-refractivity contribution is 8.13. The molecule has 0 saturated carbocycles. The van der Waals surface area contributed by atoms with Gasteiger partial charge in [0.15, 0.2) is 0 Å². The summed E-state index contributed by atoms with van der Waals surface area (Å²) in [6.07, 6.45) is 0.978. The van der Waals surface area contributed by atoms with Gasteiger partial charge < -0.3 is 4.52 Å². The summed E-state index contributed by atoms with van der Waals surface area (Å²) in [6.45, 7) is -2.94. The summed E-state index contributed by atoms with van der Waals surface area (Å²) in [5.74, 6) is 0. The summed E-state index contributed by atoms with van der Waals surface area (Å²) in [6, 6.07) is 0. The first-order chi connectivity index (χ1) is 5.33. The van der Waals surface area contributed by atoms with Gasteiger partial charge in [-0.3, -0.25) is 0 Å². The van der Waals surface area contributed by atoms with Crippen molar-refractivity contribution in [1.29, 1.82) is 0 Å². The zero-order chi connectivity index (χ0) is 9.83. The minimum atomic E-state index is -3.41. The number of nitrogens with one attached hydrogen (secondary N) is 2. The Bertz CT molecular complexity index is 276. The maximum absolute atomic E-state index is 10.7. The van der Waals surface area contributed by atoms with E-state index in [0.717, 1.165) is 6.26 Å². The number of hydroxylamine groups is 1. The van der Waals surface area contributed by atoms with Gasteiger partial charge in [-0.2, -0.15) is 5.48 Å². The SMILES string of the molecule is CNOP(=S)(NS(C)(=O)=O)OC. The molecule has 0 aliphatic heterocycles. The van der Waals surface area contributed by atoms with E-state index >= 15 is 0 Å². The maximum atomic E-state index is 10.7. The number of sulfonamides is 1. The average Bonchev–Trinajstić information content (AvgIpc) is 1.84. The topological polar surface area (TPSA) is 76.7 Å². The van der Waals surface area contributed by atoms with E-state index < -0.39 is 16.7 Å². The Balaban J connectivity index is 4.46. The summed E-state index contributed by atoms with van der Waals surface area (Å²) >= 11 is 4.76. The van der Waals surface area contributed by atoms with Crippen LogP contribution in [0.15, 0.2) is 0 Å². The van der Waals surface area contributed by atoms with Gasteiger partial charge in [0.1, 0.15) is 0 Å². The molecule has 0 aromatic rings. The molecule has 0 aliphatic carbocycles. The van der Waals surface area contributed by atoms with Crippen molar-refractivity contribution in [2.45, 2.75) is 0 Å². The van der Waals surface area contributed by atoms with Crippen LogP contribution in [0.3, 0.4) is 0 Å². The van der Waals surface area contributed by atoms with Crippen LogP contribution in [0.2, 0.25) is 0 Å². The van der Waals surface area contributed by atoms with Gasteiger partial charge in [0.05, 0.1) is 6.26 Å². The first kappa shape index (κ1) is 12.4. The van der Waals surface area contributed by atoms with Crippen molar-refractivity contribution in [3.05, 3.63) is 0 Å². The van der Waals surface area contributed by atoms with Crippen LogP contribution in [0, 0.1) is 0 Å². The van der Waals surface area contributed by atoms with Crippen LogP contribution in [0.1, 0.15) is 0 Å². The van der Waals surface area contributed by atoms with Crippen molar-refractivity contribution in [3.63, 3.8) is 0 Å². The zero-order valence-corrected chi connectivity index (χ0v) is 9.42. The lowest BCUT2D eigenvalue weighted by Crippen LogP contribution is -2.23. The molecule has 1 atom stereocenters. The predicted octanol–water partition coefficient (Wildman–Crippen LogP) is -0.443. The minimum absolute atomic E-state index is 0.978. The Morgan fingerprint density at radius 3 is 2.25 bits per heavy atom. The third-order valence-electron chi connectivity index (χ3n) is 0.729. The first-order valence-electron chi connectivity index (χ1n) is 2.83. The highest BCUT2D eigenvalue weighted by Gasteiger charge is 2.21. The number of rotatable bonds is 5. The molecule has 0 saturated heterocycles. The predicted molar refractivity (Wildman–Crippen MR) is 49.4 cm³/mol. The average molecular weight is 234 g/mol. The van der Waals surface area contributed by atoms with Gasteiger partial charge in [0.2, 0.25) is 10.0 Å². The molecule has 2 N–H and O–H groups in total. The molecular formula is C3H11N2O4PS2. The lowest BCUT2D eigenvalue weighted by atomic mass is 11.6. The Hall–Kier alpha value is 0.440. The molecule has 6 nitrogen and oxygen atoms in total. The van der Waals surface area contributed by atoms with Crippen LogP contribution in [-0.2, 0) is 31.0 Å². The van der Waals surface area contributed by atoms with Crippen molar-refractivity contribution in [1.82, 2.24) is 9.97 Å². The molecule has 9 heteroatoms. The molecule has 0 bridgehead atoms. The summed E-state index contributed by atoms with van der Waals surface area (Å²) in [5, 5.41) is 0. The summed E-state index contributed by atoms with van der Waals surface area (Å²) in [7, 11) is -0.674. The van der Waals surface area contributed by atoms with E-state index in [-0.39, 0.29) is 0 Å². The molecule has 0 rings (SSSR count). The van der Waals surface area contributed by atoms with E-state index in [1.807, 2.05) is 0 Å². The summed E-state index contributed by atoms with van der Waals surface area (Å²) < 4.78 is 33.0. The van der Waals surface area contributed by atoms with Crippen molar-refractivity contribution in [2.24, 2.45) is 0 Å². The fraction of sp³-hybridized carbons (Fsp3) is 1.00. The Kier molecular flexibility index (Phi) is 4.78. The summed E-state index contributed by atoms with van der Waals surface area (Å²) in [4.78, 5) is 0. The van der Waals surface area contributed by atoms with Gasteiger partial charge in [0.25, 0.3) is 6.64 Å². The van der Waals surface area contributed by atoms with Gasteiger partial charge in [-0.25, -0.2) is 13.0 Å². The van der Waals surface area contributed by atoms with Crippen LogP contribution in [0.4, 0.5) is 0 Å². The molecule has 1 unspecified atom stereocenters. The highest BCUT2D eigenvalue weighted by Crippen LogP contribution is 2.42. The largest absolute Gasteiger partial charge is 0.320 e. The smallest absolute Gasteiger partial charge is 0.291 e. The van der Waals surface area contributed by atoms with E-state index in [4.69, 9.17) is 21.0 Å². The fourth-order valence-corrected chi connectivity index (χ4v) is 4.25. The molecule has 12 heavy (non-hydrogen) atoms. The lowest BCUT2D eigenvalue weighted by molar-refractivity contribution is 0.204. The highest BCUT2D eigenvalue weighted by atomic mass is 32.5. The van der Waals surface area contributed by atoms with Gasteiger partial charge >= 0.3 is 0 Å². The molecule has 0 aliphatic rings. The van der Waals surface area contributed by atoms with E-state index in [1.165, 1.54) is 14.2 Å². The Morgan fingerprint density at radius 2 is 2.00 bits per heavy atom. The lowest BCUT2D eigenvalue weighted by Gasteiger charge is -2.17. The molecule has 0 radical (unpaired) electrons. The van der Waals surface area contributed by atoms with Crippen LogP contribution >= 0.6 is 6.64 Å². The molecule has 0 amide bonds. The van der Waals surface area contributed by atoms with Crippen molar-refractivity contribution in [3.8, 4) is 0 Å². The number of hydrogen-bond acceptors (Lipinski definition) is 6. The quantitative estimate of drug-likeness (QED) is 0.496. The molecule has 74 valence electrons. The second kappa shape index (κ2) is 4.61. The van der Waals surface area contributed by atoms with E-state index in [9.17, 15) is 8.42 Å². The van der Waals surface area contributed by atoms with Crippen LogP contribution < -0.4 is 9.97 Å². The Labute approximate surface area is 76.9 Å². The first-order valence-corrected chi connectivity index (χ1v) is 7.36. The third-order valence-corrected chi connectivity index (χ3v) is 5.20. The monoisotopic (exact) mass is 234 g/mol. The second-order valence-corrected chi connectivity index (χ2v) is 7.10. The molecule has 0 fully saturated rings. The normalized spacial score (nSPS) is 17.2. The van der Waals surface area contributed by atoms with E-state index in [0.29, 0.717) is 0 Å². The van der Waals surface area contributed by atoms with Gasteiger partial charge in [-0.1, -0.05) is 0 Å². The van der Waals surface area contributed by atoms with Crippen molar-refractivity contribution < 1.29 is 17.6 Å². The van der Waals surface area contributed by atoms with Crippen LogP contribution in [0.5, 0.6) is 0 Å². The molecule has 0 spiro atoms. The molecular weight excluding hydrogens is 223 g/mol. The number of hydrogen-bond donors (Lipinski definition) is 2. The standard InChI is InChI=1S/C3H11N2O4PS2/c1-4-9-10(11,8-2)5-12(3,6)7/h4H,1-3H3,(H,5,11). The van der Waals surface area contributed by atoms with Crippen LogP contribution in [-0.4, -0.2) is 28.8 Å². The molecule has 0 heterocycles. The third kappa shape index (κ3) is 5.15. The van der Waals surface area contributed by atoms with E-state index in [2.05, 4.69) is 9.97 Å².